The summed E-state index contributed by atoms with van der Waals surface area (Å²) in [5, 5.41) is 21.7. The summed E-state index contributed by atoms with van der Waals surface area (Å²) in [6, 6.07) is 5.05. The van der Waals surface area contributed by atoms with Gasteiger partial charge in [-0.2, -0.15) is 0 Å². The normalized spacial score (nSPS) is 28.2. The molecule has 6 heteroatoms. The third kappa shape index (κ3) is 3.33. The molecule has 1 aromatic carbocycles. The van der Waals surface area contributed by atoms with E-state index in [1.807, 2.05) is 0 Å². The van der Waals surface area contributed by atoms with E-state index in [2.05, 4.69) is 4.90 Å². The van der Waals surface area contributed by atoms with Crippen LogP contribution in [0.25, 0.3) is 0 Å². The highest BCUT2D eigenvalue weighted by Gasteiger charge is 2.42. The van der Waals surface area contributed by atoms with E-state index in [4.69, 9.17) is 4.74 Å². The van der Waals surface area contributed by atoms with Crippen LogP contribution in [0.2, 0.25) is 0 Å². The van der Waals surface area contributed by atoms with Crippen molar-refractivity contribution in [3.8, 4) is 5.75 Å². The number of likely N-dealkylation sites (tertiary alicyclic amines) is 1. The van der Waals surface area contributed by atoms with Gasteiger partial charge in [-0.1, -0.05) is 18.9 Å². The summed E-state index contributed by atoms with van der Waals surface area (Å²) in [4.78, 5) is 12.9. The van der Waals surface area contributed by atoms with Crippen LogP contribution in [0.3, 0.4) is 0 Å². The number of piperidine rings is 1. The number of rotatable bonds is 4. The van der Waals surface area contributed by atoms with Gasteiger partial charge in [-0.15, -0.1) is 0 Å². The second kappa shape index (κ2) is 6.45. The van der Waals surface area contributed by atoms with Crippen LogP contribution in [-0.4, -0.2) is 40.7 Å². The molecule has 1 aliphatic carbocycles. The SMILES string of the molecule is COc1cc(CN2CCC3(O)CCCCC3C2)ccc1[N+](=O)[O-]. The van der Waals surface area contributed by atoms with Crippen molar-refractivity contribution in [3.63, 3.8) is 0 Å². The number of fused-ring (bicyclic) bond motifs is 1. The first-order chi connectivity index (χ1) is 11.0. The van der Waals surface area contributed by atoms with E-state index in [-0.39, 0.29) is 5.69 Å². The molecule has 3 rings (SSSR count). The average molecular weight is 320 g/mol. The van der Waals surface area contributed by atoms with Gasteiger partial charge in [0.15, 0.2) is 5.75 Å². The Kier molecular flexibility index (Phi) is 4.55. The van der Waals surface area contributed by atoms with Crippen LogP contribution in [0.4, 0.5) is 5.69 Å². The van der Waals surface area contributed by atoms with Gasteiger partial charge in [-0.25, -0.2) is 0 Å². The van der Waals surface area contributed by atoms with Gasteiger partial charge in [0, 0.05) is 31.6 Å². The van der Waals surface area contributed by atoms with E-state index in [0.717, 1.165) is 50.9 Å². The number of ether oxygens (including phenoxy) is 1. The van der Waals surface area contributed by atoms with Crippen LogP contribution in [0.5, 0.6) is 5.75 Å². The number of hydrogen-bond acceptors (Lipinski definition) is 5. The molecule has 1 aromatic rings. The predicted molar refractivity (Wildman–Crippen MR) is 86.5 cm³/mol. The van der Waals surface area contributed by atoms with Gasteiger partial charge in [0.2, 0.25) is 0 Å². The summed E-state index contributed by atoms with van der Waals surface area (Å²) in [6.45, 7) is 2.50. The van der Waals surface area contributed by atoms with Crippen LogP contribution < -0.4 is 4.74 Å². The summed E-state index contributed by atoms with van der Waals surface area (Å²) < 4.78 is 5.14. The van der Waals surface area contributed by atoms with Crippen molar-refractivity contribution in [2.24, 2.45) is 5.92 Å². The molecule has 0 bridgehead atoms. The highest BCUT2D eigenvalue weighted by atomic mass is 16.6. The molecule has 0 amide bonds. The van der Waals surface area contributed by atoms with Crippen molar-refractivity contribution in [2.75, 3.05) is 20.2 Å². The largest absolute Gasteiger partial charge is 0.490 e. The van der Waals surface area contributed by atoms with Crippen molar-refractivity contribution in [3.05, 3.63) is 33.9 Å². The lowest BCUT2D eigenvalue weighted by Crippen LogP contribution is -2.52. The summed E-state index contributed by atoms with van der Waals surface area (Å²) in [7, 11) is 1.45. The van der Waals surface area contributed by atoms with E-state index in [9.17, 15) is 15.2 Å². The van der Waals surface area contributed by atoms with Gasteiger partial charge in [0.1, 0.15) is 0 Å². The lowest BCUT2D eigenvalue weighted by molar-refractivity contribution is -0.385. The third-order valence-electron chi connectivity index (χ3n) is 5.36. The topological polar surface area (TPSA) is 75.8 Å². The molecule has 0 radical (unpaired) electrons. The number of benzene rings is 1. The van der Waals surface area contributed by atoms with Gasteiger partial charge in [-0.3, -0.25) is 15.0 Å². The van der Waals surface area contributed by atoms with E-state index < -0.39 is 10.5 Å². The fourth-order valence-corrected chi connectivity index (χ4v) is 4.01. The Morgan fingerprint density at radius 3 is 3.00 bits per heavy atom. The quantitative estimate of drug-likeness (QED) is 0.682. The van der Waals surface area contributed by atoms with Crippen LogP contribution in [0, 0.1) is 16.0 Å². The minimum absolute atomic E-state index is 0.00319. The molecule has 1 N–H and O–H groups in total. The summed E-state index contributed by atoms with van der Waals surface area (Å²) in [5.41, 5.74) is 0.535. The molecule has 1 aliphatic heterocycles. The van der Waals surface area contributed by atoms with Crippen molar-refractivity contribution in [1.82, 2.24) is 4.90 Å². The Labute approximate surface area is 136 Å². The highest BCUT2D eigenvalue weighted by Crippen LogP contribution is 2.40. The molecule has 2 atom stereocenters. The standard InChI is InChI=1S/C17H24N2O4/c1-23-16-10-13(5-6-15(16)19(21)22)11-18-9-8-17(20)7-3-2-4-14(17)12-18/h5-6,10,14,20H,2-4,7-9,11-12H2,1H3. The third-order valence-corrected chi connectivity index (χ3v) is 5.36. The minimum atomic E-state index is -0.470. The van der Waals surface area contributed by atoms with Crippen molar-refractivity contribution in [2.45, 2.75) is 44.2 Å². The molecule has 6 nitrogen and oxygen atoms in total. The zero-order valence-corrected chi connectivity index (χ0v) is 13.5. The number of nitro groups is 1. The number of aliphatic hydroxyl groups is 1. The summed E-state index contributed by atoms with van der Waals surface area (Å²) in [6.07, 6.45) is 5.17. The first kappa shape index (κ1) is 16.2. The van der Waals surface area contributed by atoms with E-state index in [1.165, 1.54) is 19.6 Å². The van der Waals surface area contributed by atoms with Crippen LogP contribution in [0.15, 0.2) is 18.2 Å². The molecular weight excluding hydrogens is 296 g/mol. The lowest BCUT2D eigenvalue weighted by atomic mass is 9.71. The fraction of sp³-hybridized carbons (Fsp3) is 0.647. The molecule has 23 heavy (non-hydrogen) atoms. The maximum absolute atomic E-state index is 11.0. The minimum Gasteiger partial charge on any atom is -0.490 e. The monoisotopic (exact) mass is 320 g/mol. The van der Waals surface area contributed by atoms with Crippen LogP contribution in [-0.2, 0) is 6.54 Å². The molecule has 126 valence electrons. The first-order valence-corrected chi connectivity index (χ1v) is 8.28. The molecule has 2 fully saturated rings. The van der Waals surface area contributed by atoms with Gasteiger partial charge < -0.3 is 9.84 Å². The molecule has 1 heterocycles. The number of hydrogen-bond donors (Lipinski definition) is 1. The molecule has 2 unspecified atom stereocenters. The molecule has 0 aromatic heterocycles. The maximum Gasteiger partial charge on any atom is 0.310 e. The molecule has 1 saturated heterocycles. The molecular formula is C17H24N2O4. The first-order valence-electron chi connectivity index (χ1n) is 8.28. The second-order valence-corrected chi connectivity index (χ2v) is 6.79. The zero-order chi connectivity index (χ0) is 16.4. The van der Waals surface area contributed by atoms with Gasteiger partial charge in [-0.05, 0) is 30.9 Å². The Morgan fingerprint density at radius 2 is 2.26 bits per heavy atom. The Morgan fingerprint density at radius 1 is 1.43 bits per heavy atom. The fourth-order valence-electron chi connectivity index (χ4n) is 4.01. The molecule has 1 saturated carbocycles. The highest BCUT2D eigenvalue weighted by molar-refractivity contribution is 5.48. The lowest BCUT2D eigenvalue weighted by Gasteiger charge is -2.47. The Hall–Kier alpha value is -1.66. The van der Waals surface area contributed by atoms with E-state index in [1.54, 1.807) is 12.1 Å². The Balaban J connectivity index is 1.69. The number of nitro benzene ring substituents is 1. The summed E-state index contributed by atoms with van der Waals surface area (Å²) >= 11 is 0. The van der Waals surface area contributed by atoms with Gasteiger partial charge in [0.25, 0.3) is 0 Å². The predicted octanol–water partition coefficient (Wildman–Crippen LogP) is 2.73. The smallest absolute Gasteiger partial charge is 0.310 e. The zero-order valence-electron chi connectivity index (χ0n) is 13.5. The maximum atomic E-state index is 11.0. The van der Waals surface area contributed by atoms with Crippen LogP contribution >= 0.6 is 0 Å². The van der Waals surface area contributed by atoms with Gasteiger partial charge in [0.05, 0.1) is 17.6 Å². The van der Waals surface area contributed by atoms with Crippen molar-refractivity contribution < 1.29 is 14.8 Å². The molecule has 0 spiro atoms. The van der Waals surface area contributed by atoms with Crippen molar-refractivity contribution in [1.29, 1.82) is 0 Å². The van der Waals surface area contributed by atoms with E-state index in [0.29, 0.717) is 11.7 Å². The van der Waals surface area contributed by atoms with E-state index >= 15 is 0 Å². The summed E-state index contributed by atoms with van der Waals surface area (Å²) in [5.74, 6) is 0.656. The average Bonchev–Trinajstić information content (AvgIpc) is 2.54. The van der Waals surface area contributed by atoms with Gasteiger partial charge >= 0.3 is 5.69 Å². The number of methoxy groups -OCH3 is 1. The second-order valence-electron chi connectivity index (χ2n) is 6.79. The van der Waals surface area contributed by atoms with Crippen molar-refractivity contribution >= 4 is 5.69 Å². The Bertz CT molecular complexity index is 592. The number of nitrogens with zero attached hydrogens (tertiary/aromatic N) is 2. The molecule has 2 aliphatic rings. The van der Waals surface area contributed by atoms with Crippen LogP contribution in [0.1, 0.15) is 37.7 Å².